The fraction of sp³-hybridized carbons (Fsp3) is 0.524. The molecule has 2 aliphatic rings. The minimum atomic E-state index is 0.105. The highest BCUT2D eigenvalue weighted by atomic mass is 32.1. The molecule has 5 heteroatoms. The van der Waals surface area contributed by atoms with Crippen LogP contribution in [0.25, 0.3) is 0 Å². The minimum Gasteiger partial charge on any atom is -0.352 e. The Morgan fingerprint density at radius 3 is 2.62 bits per heavy atom. The lowest BCUT2D eigenvalue weighted by atomic mass is 9.91. The molecule has 1 aliphatic heterocycles. The Hall–Kier alpha value is -1.88. The van der Waals surface area contributed by atoms with Crippen molar-refractivity contribution in [3.8, 4) is 0 Å². The van der Waals surface area contributed by atoms with Crippen LogP contribution in [0.2, 0.25) is 0 Å². The van der Waals surface area contributed by atoms with Gasteiger partial charge in [0.05, 0.1) is 17.8 Å². The zero-order chi connectivity index (χ0) is 18.1. The first-order valence-corrected chi connectivity index (χ1v) is 10.2. The predicted octanol–water partition coefficient (Wildman–Crippen LogP) is 4.77. The number of hydrogen-bond donors (Lipinski definition) is 1. The van der Waals surface area contributed by atoms with E-state index in [2.05, 4.69) is 64.2 Å². The lowest BCUT2D eigenvalue weighted by Gasteiger charge is -2.36. The fourth-order valence-electron chi connectivity index (χ4n) is 4.40. The lowest BCUT2D eigenvalue weighted by Crippen LogP contribution is -2.40. The summed E-state index contributed by atoms with van der Waals surface area (Å²) < 4.78 is 2.28. The smallest absolute Gasteiger partial charge is 0.170 e. The molecule has 26 heavy (non-hydrogen) atoms. The largest absolute Gasteiger partial charge is 0.352 e. The molecule has 2 fully saturated rings. The molecule has 2 aromatic rings. The molecule has 0 bridgehead atoms. The summed E-state index contributed by atoms with van der Waals surface area (Å²) in [5.74, 6) is 0. The molecule has 1 saturated carbocycles. The van der Waals surface area contributed by atoms with Gasteiger partial charge in [-0.25, -0.2) is 0 Å². The van der Waals surface area contributed by atoms with E-state index < -0.39 is 0 Å². The van der Waals surface area contributed by atoms with Crippen LogP contribution >= 0.6 is 12.2 Å². The Kier molecular flexibility index (Phi) is 4.98. The average molecular weight is 369 g/mol. The molecule has 2 atom stereocenters. The molecular weight excluding hydrogens is 340 g/mol. The van der Waals surface area contributed by atoms with E-state index in [9.17, 15) is 0 Å². The number of rotatable bonds is 4. The number of hydrogen-bond acceptors (Lipinski definition) is 2. The molecule has 2 aromatic heterocycles. The van der Waals surface area contributed by atoms with Crippen LogP contribution in [0.1, 0.15) is 75.3 Å². The second-order valence-electron chi connectivity index (χ2n) is 7.81. The quantitative estimate of drug-likeness (QED) is 0.788. The highest BCUT2D eigenvalue weighted by Crippen LogP contribution is 2.42. The monoisotopic (exact) mass is 368 g/mol. The van der Waals surface area contributed by atoms with Crippen molar-refractivity contribution in [3.63, 3.8) is 0 Å². The third-order valence-corrected chi connectivity index (χ3v) is 6.11. The van der Waals surface area contributed by atoms with Crippen LogP contribution in [-0.2, 0) is 0 Å². The second kappa shape index (κ2) is 7.39. The summed E-state index contributed by atoms with van der Waals surface area (Å²) in [5, 5.41) is 4.47. The van der Waals surface area contributed by atoms with Crippen molar-refractivity contribution in [2.45, 2.75) is 70.1 Å². The SMILES string of the molecule is CC(C)n1ccc([C@@H]2[C@@H](c3ccccn3)NC(=S)N2C2CCCCC2)c1. The molecular formula is C21H28N4S. The molecule has 1 aliphatic carbocycles. The number of nitrogens with one attached hydrogen (secondary N) is 1. The predicted molar refractivity (Wildman–Crippen MR) is 109 cm³/mol. The van der Waals surface area contributed by atoms with Gasteiger partial charge in [0.15, 0.2) is 5.11 Å². The Labute approximate surface area is 161 Å². The molecule has 0 amide bonds. The summed E-state index contributed by atoms with van der Waals surface area (Å²) in [7, 11) is 0. The van der Waals surface area contributed by atoms with E-state index in [1.807, 2.05) is 12.3 Å². The molecule has 0 spiro atoms. The topological polar surface area (TPSA) is 33.1 Å². The van der Waals surface area contributed by atoms with Crippen LogP contribution in [0.3, 0.4) is 0 Å². The van der Waals surface area contributed by atoms with Crippen molar-refractivity contribution >= 4 is 17.3 Å². The molecule has 0 radical (unpaired) electrons. The van der Waals surface area contributed by atoms with Crippen LogP contribution < -0.4 is 5.32 Å². The van der Waals surface area contributed by atoms with Gasteiger partial charge in [-0.2, -0.15) is 0 Å². The maximum absolute atomic E-state index is 5.81. The van der Waals surface area contributed by atoms with E-state index in [0.29, 0.717) is 12.1 Å². The zero-order valence-electron chi connectivity index (χ0n) is 15.6. The second-order valence-corrected chi connectivity index (χ2v) is 8.20. The van der Waals surface area contributed by atoms with Gasteiger partial charge in [0, 0.05) is 30.7 Å². The maximum atomic E-state index is 5.81. The summed E-state index contributed by atoms with van der Waals surface area (Å²) in [6.07, 6.45) is 12.8. The Morgan fingerprint density at radius 2 is 1.96 bits per heavy atom. The van der Waals surface area contributed by atoms with Gasteiger partial charge >= 0.3 is 0 Å². The van der Waals surface area contributed by atoms with Crippen molar-refractivity contribution < 1.29 is 0 Å². The number of pyridine rings is 1. The first kappa shape index (κ1) is 17.5. The van der Waals surface area contributed by atoms with E-state index in [1.54, 1.807) is 0 Å². The highest BCUT2D eigenvalue weighted by Gasteiger charge is 2.43. The Balaban J connectivity index is 1.73. The van der Waals surface area contributed by atoms with E-state index in [-0.39, 0.29) is 12.1 Å². The standard InChI is InChI=1S/C21H28N4S/c1-15(2)24-13-11-16(14-24)20-19(18-10-6-7-12-22-18)23-21(26)25(20)17-8-4-3-5-9-17/h6-7,10-15,17,19-20H,3-5,8-9H2,1-2H3,(H,23,26)/t19-,20-/m1/s1. The fourth-order valence-corrected chi connectivity index (χ4v) is 4.79. The molecule has 138 valence electrons. The molecule has 4 nitrogen and oxygen atoms in total. The minimum absolute atomic E-state index is 0.105. The summed E-state index contributed by atoms with van der Waals surface area (Å²) in [6.45, 7) is 4.44. The van der Waals surface area contributed by atoms with Gasteiger partial charge in [-0.05, 0) is 62.7 Å². The normalized spacial score (nSPS) is 24.3. The molecule has 0 aromatic carbocycles. The van der Waals surface area contributed by atoms with E-state index in [4.69, 9.17) is 12.2 Å². The van der Waals surface area contributed by atoms with Crippen LogP contribution in [0, 0.1) is 0 Å². The Morgan fingerprint density at radius 1 is 1.15 bits per heavy atom. The molecule has 4 rings (SSSR count). The average Bonchev–Trinajstić information content (AvgIpc) is 3.28. The highest BCUT2D eigenvalue weighted by molar-refractivity contribution is 7.80. The zero-order valence-corrected chi connectivity index (χ0v) is 16.5. The number of nitrogens with zero attached hydrogens (tertiary/aromatic N) is 3. The third-order valence-electron chi connectivity index (χ3n) is 5.78. The van der Waals surface area contributed by atoms with Crippen molar-refractivity contribution in [2.75, 3.05) is 0 Å². The summed E-state index contributed by atoms with van der Waals surface area (Å²) >= 11 is 5.81. The van der Waals surface area contributed by atoms with Gasteiger partial charge in [0.1, 0.15) is 0 Å². The molecule has 1 saturated heterocycles. The summed E-state index contributed by atoms with van der Waals surface area (Å²) in [6, 6.07) is 9.70. The van der Waals surface area contributed by atoms with Crippen molar-refractivity contribution in [1.82, 2.24) is 19.8 Å². The van der Waals surface area contributed by atoms with Crippen LogP contribution in [0.4, 0.5) is 0 Å². The van der Waals surface area contributed by atoms with Gasteiger partial charge in [-0.15, -0.1) is 0 Å². The third kappa shape index (κ3) is 3.25. The lowest BCUT2D eigenvalue weighted by molar-refractivity contribution is 0.197. The van der Waals surface area contributed by atoms with Gasteiger partial charge in [-0.1, -0.05) is 25.3 Å². The number of aromatic nitrogens is 2. The van der Waals surface area contributed by atoms with E-state index in [1.165, 1.54) is 37.7 Å². The van der Waals surface area contributed by atoms with Gasteiger partial charge in [-0.3, -0.25) is 4.98 Å². The van der Waals surface area contributed by atoms with Gasteiger partial charge < -0.3 is 14.8 Å². The van der Waals surface area contributed by atoms with Crippen molar-refractivity contribution in [3.05, 3.63) is 54.1 Å². The van der Waals surface area contributed by atoms with E-state index in [0.717, 1.165) is 10.8 Å². The first-order chi connectivity index (χ1) is 12.6. The van der Waals surface area contributed by atoms with Crippen LogP contribution in [0.5, 0.6) is 0 Å². The summed E-state index contributed by atoms with van der Waals surface area (Å²) in [5.41, 5.74) is 2.39. The summed E-state index contributed by atoms with van der Waals surface area (Å²) in [4.78, 5) is 7.12. The van der Waals surface area contributed by atoms with Crippen LogP contribution in [-0.4, -0.2) is 25.6 Å². The van der Waals surface area contributed by atoms with E-state index >= 15 is 0 Å². The Bertz CT molecular complexity index is 748. The first-order valence-electron chi connectivity index (χ1n) is 9.82. The molecule has 3 heterocycles. The molecule has 0 unspecified atom stereocenters. The van der Waals surface area contributed by atoms with Gasteiger partial charge in [0.25, 0.3) is 0 Å². The molecule has 1 N–H and O–H groups in total. The maximum Gasteiger partial charge on any atom is 0.170 e. The van der Waals surface area contributed by atoms with Crippen LogP contribution in [0.15, 0.2) is 42.9 Å². The number of thiocarbonyl (C=S) groups is 1. The van der Waals surface area contributed by atoms with Gasteiger partial charge in [0.2, 0.25) is 0 Å². The van der Waals surface area contributed by atoms with Crippen molar-refractivity contribution in [2.24, 2.45) is 0 Å². The van der Waals surface area contributed by atoms with Crippen molar-refractivity contribution in [1.29, 1.82) is 0 Å².